The zero-order valence-electron chi connectivity index (χ0n) is 9.46. The lowest BCUT2D eigenvalue weighted by atomic mass is 10.4. The summed E-state index contributed by atoms with van der Waals surface area (Å²) < 4.78 is 6.27. The molecule has 18 heavy (non-hydrogen) atoms. The molecule has 0 bridgehead atoms. The third kappa shape index (κ3) is 2.53. The second-order valence-corrected chi connectivity index (χ2v) is 4.68. The largest absolute Gasteiger partial charge is 0.462 e. The molecule has 96 valence electrons. The van der Waals surface area contributed by atoms with Crippen LogP contribution in [0.3, 0.4) is 0 Å². The van der Waals surface area contributed by atoms with Crippen LogP contribution in [-0.2, 0) is 11.3 Å². The van der Waals surface area contributed by atoms with E-state index in [0.29, 0.717) is 22.2 Å². The lowest BCUT2D eigenvalue weighted by Gasteiger charge is -1.96. The minimum Gasteiger partial charge on any atom is -0.462 e. The Morgan fingerprint density at radius 3 is 3.06 bits per heavy atom. The van der Waals surface area contributed by atoms with E-state index in [1.807, 2.05) is 0 Å². The molecule has 0 radical (unpaired) electrons. The molecule has 8 heteroatoms. The Labute approximate surface area is 112 Å². The van der Waals surface area contributed by atoms with Gasteiger partial charge in [0.25, 0.3) is 0 Å². The first-order chi connectivity index (χ1) is 8.65. The number of thiazole rings is 1. The number of esters is 1. The van der Waals surface area contributed by atoms with Gasteiger partial charge in [-0.1, -0.05) is 22.9 Å². The van der Waals surface area contributed by atoms with Crippen molar-refractivity contribution in [1.82, 2.24) is 14.8 Å². The van der Waals surface area contributed by atoms with Gasteiger partial charge in [0.1, 0.15) is 5.15 Å². The average molecular weight is 288 g/mol. The molecule has 2 heterocycles. The van der Waals surface area contributed by atoms with Crippen molar-refractivity contribution in [2.24, 2.45) is 0 Å². The van der Waals surface area contributed by atoms with E-state index in [2.05, 4.69) is 10.1 Å². The van der Waals surface area contributed by atoms with Crippen molar-refractivity contribution >= 4 is 28.9 Å². The number of hydrogen-bond acceptors (Lipinski definition) is 6. The molecule has 0 aliphatic carbocycles. The molecular weight excluding hydrogens is 278 g/mol. The van der Waals surface area contributed by atoms with Crippen LogP contribution in [0.1, 0.15) is 22.2 Å². The van der Waals surface area contributed by atoms with E-state index in [-0.39, 0.29) is 11.8 Å². The number of ether oxygens (including phenoxy) is 1. The lowest BCUT2D eigenvalue weighted by Crippen LogP contribution is -2.03. The van der Waals surface area contributed by atoms with Gasteiger partial charge in [0.05, 0.1) is 29.9 Å². The highest BCUT2D eigenvalue weighted by Crippen LogP contribution is 2.25. The first-order valence-electron chi connectivity index (χ1n) is 5.14. The van der Waals surface area contributed by atoms with Crippen LogP contribution in [0.25, 0.3) is 5.13 Å². The Balaban J connectivity index is 2.26. The Hall–Kier alpha value is -1.44. The predicted molar refractivity (Wildman–Crippen MR) is 66.1 cm³/mol. The number of halogens is 1. The van der Waals surface area contributed by atoms with Crippen LogP contribution < -0.4 is 0 Å². The van der Waals surface area contributed by atoms with E-state index in [1.54, 1.807) is 6.92 Å². The summed E-state index contributed by atoms with van der Waals surface area (Å²) in [6.45, 7) is 1.86. The van der Waals surface area contributed by atoms with Crippen LogP contribution in [0, 0.1) is 0 Å². The molecule has 2 aromatic rings. The van der Waals surface area contributed by atoms with Gasteiger partial charge in [-0.2, -0.15) is 5.10 Å². The average Bonchev–Trinajstić information content (AvgIpc) is 2.95. The minimum atomic E-state index is -0.436. The van der Waals surface area contributed by atoms with E-state index in [4.69, 9.17) is 21.4 Å². The highest BCUT2D eigenvalue weighted by molar-refractivity contribution is 7.14. The van der Waals surface area contributed by atoms with Gasteiger partial charge in [-0.05, 0) is 6.92 Å². The number of aromatic nitrogens is 3. The maximum atomic E-state index is 11.5. The van der Waals surface area contributed by atoms with E-state index >= 15 is 0 Å². The normalized spacial score (nSPS) is 10.6. The number of carbonyl (C=O) groups is 1. The molecule has 0 saturated heterocycles. The van der Waals surface area contributed by atoms with E-state index < -0.39 is 5.97 Å². The fourth-order valence-electron chi connectivity index (χ4n) is 1.26. The zero-order chi connectivity index (χ0) is 13.1. The zero-order valence-corrected chi connectivity index (χ0v) is 11.0. The molecule has 0 saturated carbocycles. The van der Waals surface area contributed by atoms with Crippen LogP contribution in [0.4, 0.5) is 0 Å². The van der Waals surface area contributed by atoms with Crippen molar-refractivity contribution in [2.45, 2.75) is 13.5 Å². The summed E-state index contributed by atoms with van der Waals surface area (Å²) in [7, 11) is 0. The van der Waals surface area contributed by atoms with Gasteiger partial charge in [-0.3, -0.25) is 0 Å². The fraction of sp³-hybridized carbons (Fsp3) is 0.300. The van der Waals surface area contributed by atoms with Crippen LogP contribution >= 0.6 is 22.9 Å². The monoisotopic (exact) mass is 287 g/mol. The highest BCUT2D eigenvalue weighted by atomic mass is 35.5. The van der Waals surface area contributed by atoms with Crippen molar-refractivity contribution in [2.75, 3.05) is 6.61 Å². The molecule has 0 atom stereocenters. The van der Waals surface area contributed by atoms with Crippen LogP contribution in [0.2, 0.25) is 5.15 Å². The van der Waals surface area contributed by atoms with E-state index in [1.165, 1.54) is 28.4 Å². The molecular formula is C10H10ClN3O3S. The van der Waals surface area contributed by atoms with Crippen LogP contribution in [0.5, 0.6) is 0 Å². The third-order valence-electron chi connectivity index (χ3n) is 2.07. The van der Waals surface area contributed by atoms with E-state index in [9.17, 15) is 4.79 Å². The first kappa shape index (κ1) is 13.0. The van der Waals surface area contributed by atoms with Crippen LogP contribution in [0.15, 0.2) is 12.4 Å². The Bertz CT molecular complexity index is 566. The van der Waals surface area contributed by atoms with Crippen LogP contribution in [-0.4, -0.2) is 32.4 Å². The van der Waals surface area contributed by atoms with Gasteiger partial charge < -0.3 is 9.84 Å². The number of aliphatic hydroxyl groups is 1. The van der Waals surface area contributed by atoms with Crippen molar-refractivity contribution in [3.05, 3.63) is 28.0 Å². The number of hydrogen-bond donors (Lipinski definition) is 1. The van der Waals surface area contributed by atoms with Crippen molar-refractivity contribution in [1.29, 1.82) is 0 Å². The summed E-state index contributed by atoms with van der Waals surface area (Å²) in [6, 6.07) is 0. The number of nitrogens with zero attached hydrogens (tertiary/aromatic N) is 3. The summed E-state index contributed by atoms with van der Waals surface area (Å²) in [6.07, 6.45) is 2.90. The molecule has 0 aromatic carbocycles. The molecule has 0 fully saturated rings. The summed E-state index contributed by atoms with van der Waals surface area (Å²) in [5.41, 5.74) is 0.341. The van der Waals surface area contributed by atoms with E-state index in [0.717, 1.165) is 0 Å². The molecule has 2 aromatic heterocycles. The van der Waals surface area contributed by atoms with Crippen molar-refractivity contribution < 1.29 is 14.6 Å². The SMILES string of the molecule is CCOC(=O)c1cnn(-c2nc(Cl)c(CO)s2)c1. The van der Waals surface area contributed by atoms with Gasteiger partial charge in [0.15, 0.2) is 0 Å². The second kappa shape index (κ2) is 5.47. The molecule has 0 spiro atoms. The third-order valence-corrected chi connectivity index (χ3v) is 3.53. The predicted octanol–water partition coefficient (Wildman–Crippen LogP) is 1.65. The van der Waals surface area contributed by atoms with Gasteiger partial charge in [0, 0.05) is 6.20 Å². The maximum absolute atomic E-state index is 11.5. The Kier molecular flexibility index (Phi) is 3.95. The summed E-state index contributed by atoms with van der Waals surface area (Å²) >= 11 is 7.03. The highest BCUT2D eigenvalue weighted by Gasteiger charge is 2.14. The fourth-order valence-corrected chi connectivity index (χ4v) is 2.31. The first-order valence-corrected chi connectivity index (χ1v) is 6.33. The standard InChI is InChI=1S/C10H10ClN3O3S/c1-2-17-9(16)6-3-12-14(4-6)10-13-8(11)7(5-15)18-10/h3-4,15H,2,5H2,1H3. The van der Waals surface area contributed by atoms with Gasteiger partial charge in [0.2, 0.25) is 5.13 Å². The molecule has 0 unspecified atom stereocenters. The number of carbonyl (C=O) groups excluding carboxylic acids is 1. The Morgan fingerprint density at radius 2 is 2.44 bits per heavy atom. The maximum Gasteiger partial charge on any atom is 0.341 e. The van der Waals surface area contributed by atoms with Gasteiger partial charge >= 0.3 is 5.97 Å². The van der Waals surface area contributed by atoms with Gasteiger partial charge in [-0.25, -0.2) is 14.5 Å². The smallest absolute Gasteiger partial charge is 0.341 e. The molecule has 0 amide bonds. The van der Waals surface area contributed by atoms with Crippen molar-refractivity contribution in [3.63, 3.8) is 0 Å². The minimum absolute atomic E-state index is 0.178. The molecule has 2 rings (SSSR count). The second-order valence-electron chi connectivity index (χ2n) is 3.26. The summed E-state index contributed by atoms with van der Waals surface area (Å²) in [5.74, 6) is -0.436. The van der Waals surface area contributed by atoms with Gasteiger partial charge in [-0.15, -0.1) is 0 Å². The molecule has 1 N–H and O–H groups in total. The topological polar surface area (TPSA) is 77.2 Å². The molecule has 0 aliphatic rings. The quantitative estimate of drug-likeness (QED) is 0.865. The number of aliphatic hydroxyl groups excluding tert-OH is 1. The number of rotatable bonds is 4. The van der Waals surface area contributed by atoms with Crippen molar-refractivity contribution in [3.8, 4) is 5.13 Å². The summed E-state index contributed by atoms with van der Waals surface area (Å²) in [4.78, 5) is 16.1. The Morgan fingerprint density at radius 1 is 1.67 bits per heavy atom. The summed E-state index contributed by atoms with van der Waals surface area (Å²) in [5, 5.41) is 13.8. The lowest BCUT2D eigenvalue weighted by molar-refractivity contribution is 0.0526. The molecule has 0 aliphatic heterocycles. The molecule has 6 nitrogen and oxygen atoms in total.